The molecular weight excluding hydrogens is 347 g/mol. The Morgan fingerprint density at radius 1 is 1.21 bits per heavy atom. The Morgan fingerprint density at radius 3 is 2.38 bits per heavy atom. The van der Waals surface area contributed by atoms with Gasteiger partial charge in [0.15, 0.2) is 0 Å². The molecule has 1 fully saturated rings. The quantitative estimate of drug-likeness (QED) is 0.715. The molecule has 2 heterocycles. The predicted molar refractivity (Wildman–Crippen MR) is 83.3 cm³/mol. The fraction of sp³-hybridized carbons (Fsp3) is 0.643. The Kier molecular flexibility index (Phi) is 6.05. The maximum absolute atomic E-state index is 12.5. The van der Waals surface area contributed by atoms with Crippen LogP contribution in [-0.4, -0.2) is 63.4 Å². The molecule has 1 aliphatic heterocycles. The number of alkyl halides is 3. The first kappa shape index (κ1) is 18.9. The highest BCUT2D eigenvalue weighted by molar-refractivity contribution is 7.89. The molecule has 0 amide bonds. The fourth-order valence-electron chi connectivity index (χ4n) is 2.45. The molecule has 1 aromatic heterocycles. The van der Waals surface area contributed by atoms with Crippen molar-refractivity contribution in [2.24, 2.45) is 0 Å². The summed E-state index contributed by atoms with van der Waals surface area (Å²) in [7, 11) is -1.81. The van der Waals surface area contributed by atoms with Crippen LogP contribution in [0.2, 0.25) is 0 Å². The number of piperazine rings is 1. The highest BCUT2D eigenvalue weighted by Gasteiger charge is 2.31. The maximum atomic E-state index is 12.5. The van der Waals surface area contributed by atoms with E-state index in [1.165, 1.54) is 17.5 Å². The van der Waals surface area contributed by atoms with Gasteiger partial charge in [0.25, 0.3) is 0 Å². The molecule has 1 aromatic rings. The predicted octanol–water partition coefficient (Wildman–Crippen LogP) is 1.59. The second-order valence-electron chi connectivity index (χ2n) is 5.45. The van der Waals surface area contributed by atoms with E-state index in [-0.39, 0.29) is 18.8 Å². The summed E-state index contributed by atoms with van der Waals surface area (Å²) in [6, 6.07) is 2.29. The number of hydrogen-bond donors (Lipinski definition) is 0. The number of aromatic nitrogens is 1. The topological polar surface area (TPSA) is 62.7 Å². The van der Waals surface area contributed by atoms with Crippen LogP contribution in [0.3, 0.4) is 0 Å². The standard InChI is InChI=1S/C14H20F3N3O3S/c1-23-9-2-10-24(21,22)20-7-5-19(6-8-20)13-4-3-12(11-18-13)14(15,16)17/h3-4,11H,2,5-10H2,1H3. The fourth-order valence-corrected chi connectivity index (χ4v) is 3.91. The average molecular weight is 367 g/mol. The summed E-state index contributed by atoms with van der Waals surface area (Å²) >= 11 is 0. The second kappa shape index (κ2) is 7.66. The van der Waals surface area contributed by atoms with Crippen LogP contribution in [-0.2, 0) is 20.9 Å². The lowest BCUT2D eigenvalue weighted by atomic mass is 10.2. The van der Waals surface area contributed by atoms with Crippen LogP contribution in [0.4, 0.5) is 19.0 Å². The third-order valence-electron chi connectivity index (χ3n) is 3.78. The van der Waals surface area contributed by atoms with Crippen LogP contribution in [0.1, 0.15) is 12.0 Å². The van der Waals surface area contributed by atoms with Gasteiger partial charge in [0, 0.05) is 46.1 Å². The first-order valence-electron chi connectivity index (χ1n) is 7.49. The van der Waals surface area contributed by atoms with Gasteiger partial charge in [0.1, 0.15) is 5.82 Å². The van der Waals surface area contributed by atoms with E-state index in [0.29, 0.717) is 31.9 Å². The Hall–Kier alpha value is -1.39. The van der Waals surface area contributed by atoms with Crippen LogP contribution < -0.4 is 4.90 Å². The highest BCUT2D eigenvalue weighted by atomic mass is 32.2. The van der Waals surface area contributed by atoms with Crippen molar-refractivity contribution in [1.82, 2.24) is 9.29 Å². The third kappa shape index (κ3) is 4.81. The lowest BCUT2D eigenvalue weighted by Crippen LogP contribution is -2.49. The highest BCUT2D eigenvalue weighted by Crippen LogP contribution is 2.29. The smallest absolute Gasteiger partial charge is 0.385 e. The summed E-state index contributed by atoms with van der Waals surface area (Å²) in [5.41, 5.74) is -0.800. The van der Waals surface area contributed by atoms with E-state index >= 15 is 0 Å². The van der Waals surface area contributed by atoms with E-state index in [9.17, 15) is 21.6 Å². The van der Waals surface area contributed by atoms with Gasteiger partial charge in [-0.25, -0.2) is 13.4 Å². The lowest BCUT2D eigenvalue weighted by Gasteiger charge is -2.34. The van der Waals surface area contributed by atoms with Crippen LogP contribution >= 0.6 is 0 Å². The molecule has 1 aliphatic rings. The summed E-state index contributed by atoms with van der Waals surface area (Å²) < 4.78 is 68.2. The van der Waals surface area contributed by atoms with E-state index in [0.717, 1.165) is 12.3 Å². The summed E-state index contributed by atoms with van der Waals surface area (Å²) in [6.45, 7) is 1.74. The first-order valence-corrected chi connectivity index (χ1v) is 9.10. The molecule has 0 unspecified atom stereocenters. The largest absolute Gasteiger partial charge is 0.417 e. The number of rotatable bonds is 6. The Balaban J connectivity index is 1.93. The second-order valence-corrected chi connectivity index (χ2v) is 7.54. The maximum Gasteiger partial charge on any atom is 0.417 e. The van der Waals surface area contributed by atoms with Gasteiger partial charge in [0.2, 0.25) is 10.0 Å². The number of nitrogens with zero attached hydrogens (tertiary/aromatic N) is 3. The monoisotopic (exact) mass is 367 g/mol. The molecular formula is C14H20F3N3O3S. The summed E-state index contributed by atoms with van der Waals surface area (Å²) in [5.74, 6) is 0.443. The minimum atomic E-state index is -4.42. The molecule has 24 heavy (non-hydrogen) atoms. The summed E-state index contributed by atoms with van der Waals surface area (Å²) in [6.07, 6.45) is -3.19. The Bertz CT molecular complexity index is 627. The van der Waals surface area contributed by atoms with Crippen molar-refractivity contribution < 1.29 is 26.3 Å². The normalized spacial score (nSPS) is 17.2. The van der Waals surface area contributed by atoms with E-state index in [2.05, 4.69) is 4.98 Å². The van der Waals surface area contributed by atoms with Crippen LogP contribution in [0.25, 0.3) is 0 Å². The van der Waals surface area contributed by atoms with Gasteiger partial charge in [-0.3, -0.25) is 0 Å². The Labute approximate surface area is 139 Å². The summed E-state index contributed by atoms with van der Waals surface area (Å²) in [5, 5.41) is 0. The van der Waals surface area contributed by atoms with Gasteiger partial charge in [-0.2, -0.15) is 17.5 Å². The SMILES string of the molecule is COCCCS(=O)(=O)N1CCN(c2ccc(C(F)(F)F)cn2)CC1. The van der Waals surface area contributed by atoms with Gasteiger partial charge in [-0.1, -0.05) is 0 Å². The van der Waals surface area contributed by atoms with Crippen LogP contribution in [0, 0.1) is 0 Å². The zero-order valence-corrected chi connectivity index (χ0v) is 14.1. The molecule has 10 heteroatoms. The average Bonchev–Trinajstić information content (AvgIpc) is 2.54. The molecule has 1 saturated heterocycles. The number of ether oxygens (including phenoxy) is 1. The number of hydrogen-bond acceptors (Lipinski definition) is 5. The molecule has 0 radical (unpaired) electrons. The zero-order chi connectivity index (χ0) is 17.8. The lowest BCUT2D eigenvalue weighted by molar-refractivity contribution is -0.137. The first-order chi connectivity index (χ1) is 11.2. The van der Waals surface area contributed by atoms with Crippen molar-refractivity contribution in [3.8, 4) is 0 Å². The van der Waals surface area contributed by atoms with E-state index in [4.69, 9.17) is 4.74 Å². The third-order valence-corrected chi connectivity index (χ3v) is 5.74. The van der Waals surface area contributed by atoms with Gasteiger partial charge in [-0.15, -0.1) is 0 Å². The van der Waals surface area contributed by atoms with E-state index < -0.39 is 21.8 Å². The van der Waals surface area contributed by atoms with Gasteiger partial charge >= 0.3 is 6.18 Å². The minimum absolute atomic E-state index is 0.0272. The molecule has 2 rings (SSSR count). The number of anilines is 1. The molecule has 0 aromatic carbocycles. The van der Waals surface area contributed by atoms with Gasteiger partial charge in [-0.05, 0) is 18.6 Å². The molecule has 6 nitrogen and oxygen atoms in total. The zero-order valence-electron chi connectivity index (χ0n) is 13.3. The molecule has 0 N–H and O–H groups in total. The van der Waals surface area contributed by atoms with Gasteiger partial charge in [0.05, 0.1) is 11.3 Å². The van der Waals surface area contributed by atoms with Crippen molar-refractivity contribution in [2.75, 3.05) is 50.5 Å². The number of pyridine rings is 1. The van der Waals surface area contributed by atoms with Crippen molar-refractivity contribution in [1.29, 1.82) is 0 Å². The Morgan fingerprint density at radius 2 is 1.88 bits per heavy atom. The van der Waals surface area contributed by atoms with E-state index in [1.54, 1.807) is 4.90 Å². The number of methoxy groups -OCH3 is 1. The molecule has 0 atom stereocenters. The van der Waals surface area contributed by atoms with Crippen molar-refractivity contribution in [2.45, 2.75) is 12.6 Å². The van der Waals surface area contributed by atoms with Gasteiger partial charge < -0.3 is 9.64 Å². The molecule has 0 saturated carbocycles. The van der Waals surface area contributed by atoms with Crippen molar-refractivity contribution >= 4 is 15.8 Å². The van der Waals surface area contributed by atoms with Crippen molar-refractivity contribution in [3.05, 3.63) is 23.9 Å². The van der Waals surface area contributed by atoms with Crippen molar-refractivity contribution in [3.63, 3.8) is 0 Å². The molecule has 136 valence electrons. The van der Waals surface area contributed by atoms with E-state index in [1.807, 2.05) is 0 Å². The molecule has 0 spiro atoms. The van der Waals surface area contributed by atoms with Crippen LogP contribution in [0.15, 0.2) is 18.3 Å². The minimum Gasteiger partial charge on any atom is -0.385 e. The number of sulfonamides is 1. The van der Waals surface area contributed by atoms with Crippen LogP contribution in [0.5, 0.6) is 0 Å². The molecule has 0 aliphatic carbocycles. The summed E-state index contributed by atoms with van der Waals surface area (Å²) in [4.78, 5) is 5.62. The number of halogens is 3. The molecule has 0 bridgehead atoms.